The van der Waals surface area contributed by atoms with Gasteiger partial charge in [0.05, 0.1) is 70.4 Å². The number of hydrogen-bond donors (Lipinski definition) is 14. The minimum Gasteiger partial charge on any atom is -0.481 e. The van der Waals surface area contributed by atoms with Crippen LogP contribution < -0.4 is 58.9 Å². The molecule has 3 aliphatic heterocycles. The number of urea groups is 1. The quantitative estimate of drug-likeness (QED) is 0.0315. The maximum absolute atomic E-state index is 14.0. The second-order valence-electron chi connectivity index (χ2n) is 20.3. The first kappa shape index (κ1) is 65.2. The molecule has 3 aliphatic rings. The minimum atomic E-state index is -1.85. The normalized spacial score (nSPS) is 24.2. The Hall–Kier alpha value is -7.94. The van der Waals surface area contributed by atoms with Crippen molar-refractivity contribution in [3.63, 3.8) is 0 Å². The van der Waals surface area contributed by atoms with E-state index in [1.807, 2.05) is 11.8 Å². The van der Waals surface area contributed by atoms with E-state index in [-0.39, 0.29) is 88.6 Å². The number of fused-ring (bicyclic) bond motifs is 4. The predicted molar refractivity (Wildman–Crippen MR) is 298 cm³/mol. The number of carboxylic acid groups (broad SMARTS) is 1. The summed E-state index contributed by atoms with van der Waals surface area (Å²) in [7, 11) is 0. The highest BCUT2D eigenvalue weighted by atomic mass is 32.2. The number of ether oxygens (including phenoxy) is 3. The van der Waals surface area contributed by atoms with E-state index in [9.17, 15) is 63.0 Å². The van der Waals surface area contributed by atoms with E-state index in [4.69, 9.17) is 19.9 Å². The number of unbranched alkanes of at least 4 members (excludes halogenated alkanes) is 1. The minimum absolute atomic E-state index is 0.00762. The number of primary amides is 1. The van der Waals surface area contributed by atoms with E-state index < -0.39 is 116 Å². The summed E-state index contributed by atoms with van der Waals surface area (Å²) in [5, 5.41) is 54.7. The van der Waals surface area contributed by atoms with E-state index in [2.05, 4.69) is 68.5 Å². The molecule has 31 nitrogen and oxygen atoms in total. The van der Waals surface area contributed by atoms with E-state index in [0.29, 0.717) is 47.5 Å². The molecule has 1 aromatic carbocycles. The molecule has 84 heavy (non-hydrogen) atoms. The van der Waals surface area contributed by atoms with Crippen LogP contribution in [0.1, 0.15) is 69.5 Å². The average molecular weight is 1200 g/mol. The zero-order valence-electron chi connectivity index (χ0n) is 46.4. The summed E-state index contributed by atoms with van der Waals surface area (Å²) >= 11 is 1.84. The maximum atomic E-state index is 14.0. The fourth-order valence-corrected chi connectivity index (χ4v) is 10.9. The number of nitrogens with two attached hydrogens (primary N) is 1. The number of nitrogens with zero attached hydrogens (tertiary/aromatic N) is 3. The molecule has 1 unspecified atom stereocenters. The molecule has 2 saturated heterocycles. The van der Waals surface area contributed by atoms with Crippen LogP contribution in [0.3, 0.4) is 0 Å². The number of thioether (sulfide) groups is 1. The molecule has 0 saturated carbocycles. The van der Waals surface area contributed by atoms with Gasteiger partial charge in [0.2, 0.25) is 53.2 Å². The number of carboxylic acids is 1. The molecule has 15 N–H and O–H groups in total. The number of rotatable bonds is 23. The number of carbonyl (C=O) groups excluding carboxylic acids is 10. The van der Waals surface area contributed by atoms with Gasteiger partial charge in [0.1, 0.15) is 42.9 Å². The lowest BCUT2D eigenvalue weighted by Crippen LogP contribution is -2.60. The van der Waals surface area contributed by atoms with Crippen LogP contribution in [-0.2, 0) is 81.5 Å². The van der Waals surface area contributed by atoms with E-state index >= 15 is 0 Å². The second-order valence-corrected chi connectivity index (χ2v) is 21.6. The van der Waals surface area contributed by atoms with Gasteiger partial charge in [-0.2, -0.15) is 11.8 Å². The molecule has 2 fully saturated rings. The molecule has 9 atom stereocenters. The van der Waals surface area contributed by atoms with Crippen LogP contribution in [0.15, 0.2) is 36.7 Å². The zero-order chi connectivity index (χ0) is 60.5. The standard InChI is InChI=1S/C52H75N15O16S/c1-29-47(75)56-24-42(70)58-37(22-44(72)73)50(78)62-38(26-68)51(79)61-35(20-30-23-55-33-9-3-2-8-32(30)33)49(77)60-34(46(53)74)10-6-7-14-67-25-31(65-66-67)21-36(48(76)57-29)59-43(71)27-83-19-18-82-17-16-81-15-13-54-41(69)12-5-4-11-40-45-39(28-84-40)63-52(80)64-45/h2-3,8-9,23,25,29,34-40,45,55,68H,4-7,10-22,24,26-28H2,1H3,(H2,53,74)(H,54,69)(H,56,75)(H,57,76)(H,58,70)(H,59,71)(H,60,77)(H,61,79)(H,62,78)(H,72,73)(H2,63,64,80)/t29-,34-,35-,36-,37-,38-,39+,40?,45+/m0/s1. The number of aromatic amines is 1. The van der Waals surface area contributed by atoms with Gasteiger partial charge in [0.25, 0.3) is 0 Å². The fraction of sp³-hybridized carbons (Fsp3) is 0.596. The summed E-state index contributed by atoms with van der Waals surface area (Å²) in [5.74, 6) is -8.30. The number of aryl methyl sites for hydroxylation is 1. The van der Waals surface area contributed by atoms with Crippen LogP contribution in [0.5, 0.6) is 0 Å². The van der Waals surface area contributed by atoms with Gasteiger partial charge >= 0.3 is 12.0 Å². The number of benzene rings is 1. The van der Waals surface area contributed by atoms with Gasteiger partial charge in [-0.05, 0) is 50.7 Å². The van der Waals surface area contributed by atoms with Crippen molar-refractivity contribution in [3.05, 3.63) is 47.9 Å². The summed E-state index contributed by atoms with van der Waals surface area (Å²) in [6.45, 7) is 0.284. The van der Waals surface area contributed by atoms with Crippen molar-refractivity contribution >= 4 is 87.8 Å². The van der Waals surface area contributed by atoms with Crippen LogP contribution in [0.4, 0.5) is 4.79 Å². The fourth-order valence-electron chi connectivity index (χ4n) is 9.40. The number of aliphatic hydroxyl groups is 1. The Kier molecular flexibility index (Phi) is 25.9. The molecule has 11 amide bonds. The van der Waals surface area contributed by atoms with Crippen molar-refractivity contribution in [1.82, 2.24) is 73.1 Å². The van der Waals surface area contributed by atoms with Crippen LogP contribution in [0.25, 0.3) is 10.9 Å². The lowest BCUT2D eigenvalue weighted by atomic mass is 10.0. The Morgan fingerprint density at radius 2 is 1.54 bits per heavy atom. The number of aromatic nitrogens is 4. The van der Waals surface area contributed by atoms with Crippen molar-refractivity contribution in [2.75, 3.05) is 65.1 Å². The highest BCUT2D eigenvalue weighted by molar-refractivity contribution is 8.00. The number of H-pyrrole nitrogens is 1. The summed E-state index contributed by atoms with van der Waals surface area (Å²) in [6.07, 6.45) is 5.43. The molecular formula is C52H75N15O16S. The third kappa shape index (κ3) is 21.0. The van der Waals surface area contributed by atoms with Crippen molar-refractivity contribution < 1.29 is 77.2 Å². The number of aliphatic hydroxyl groups excluding tert-OH is 1. The van der Waals surface area contributed by atoms with Crippen LogP contribution in [0.2, 0.25) is 0 Å². The number of para-hydroxylation sites is 1. The van der Waals surface area contributed by atoms with Crippen molar-refractivity contribution in [2.45, 2.75) is 131 Å². The Morgan fingerprint density at radius 1 is 0.810 bits per heavy atom. The highest BCUT2D eigenvalue weighted by Crippen LogP contribution is 2.33. The van der Waals surface area contributed by atoms with Gasteiger partial charge in [0.15, 0.2) is 0 Å². The van der Waals surface area contributed by atoms with Gasteiger partial charge in [-0.25, -0.2) is 4.79 Å². The second kappa shape index (κ2) is 33.4. The number of hydrogen-bond acceptors (Lipinski definition) is 18. The zero-order valence-corrected chi connectivity index (χ0v) is 47.3. The van der Waals surface area contributed by atoms with Gasteiger partial charge in [-0.15, -0.1) is 5.10 Å². The smallest absolute Gasteiger partial charge is 0.315 e. The monoisotopic (exact) mass is 1200 g/mol. The SMILES string of the molecule is C[C@@H]1NC(=O)[C@@H](NC(=O)COCCOCCOCCNC(=O)CCCCC2SC[C@H]3NC(=O)N[C@@H]23)Cc2cn(nn2)CCCC[C@@H](C(N)=O)NC(=O)[C@H](Cc2c[nH]c3ccccc23)NC(=O)[C@H](CO)NC(=O)[C@H](CC(=O)O)NC(=O)CNC1=O. The van der Waals surface area contributed by atoms with Crippen molar-refractivity contribution in [1.29, 1.82) is 0 Å². The van der Waals surface area contributed by atoms with Crippen LogP contribution in [-0.4, -0.2) is 214 Å². The predicted octanol–water partition coefficient (Wildman–Crippen LogP) is -4.38. The van der Waals surface area contributed by atoms with Gasteiger partial charge in [0, 0.05) is 66.7 Å². The molecule has 3 aromatic rings. The number of carbonyl (C=O) groups is 11. The first-order valence-electron chi connectivity index (χ1n) is 27.7. The van der Waals surface area contributed by atoms with E-state index in [1.165, 1.54) is 17.8 Å². The van der Waals surface area contributed by atoms with Gasteiger partial charge in [-0.1, -0.05) is 29.8 Å². The van der Waals surface area contributed by atoms with Crippen LogP contribution >= 0.6 is 11.8 Å². The topological polar surface area (TPSA) is 449 Å². The van der Waals surface area contributed by atoms with Gasteiger partial charge in [-0.3, -0.25) is 52.6 Å². The maximum Gasteiger partial charge on any atom is 0.315 e. The molecule has 2 aromatic heterocycles. The number of aliphatic carboxylic acids is 1. The van der Waals surface area contributed by atoms with Gasteiger partial charge < -0.3 is 88.3 Å². The lowest BCUT2D eigenvalue weighted by molar-refractivity contribution is -0.141. The van der Waals surface area contributed by atoms with Crippen molar-refractivity contribution in [2.24, 2.45) is 5.73 Å². The Morgan fingerprint density at radius 3 is 2.30 bits per heavy atom. The van der Waals surface area contributed by atoms with E-state index in [1.54, 1.807) is 30.5 Å². The van der Waals surface area contributed by atoms with E-state index in [0.717, 1.165) is 25.0 Å². The lowest BCUT2D eigenvalue weighted by Gasteiger charge is -2.25. The number of nitrogens with one attached hydrogen (secondary N) is 11. The molecule has 32 heteroatoms. The third-order valence-corrected chi connectivity index (χ3v) is 15.3. The molecule has 0 aliphatic carbocycles. The van der Waals surface area contributed by atoms with Crippen LogP contribution in [0, 0.1) is 0 Å². The Balaban J connectivity index is 1.00. The number of amides is 11. The van der Waals surface area contributed by atoms with Crippen molar-refractivity contribution in [3.8, 4) is 0 Å². The summed E-state index contributed by atoms with van der Waals surface area (Å²) in [4.78, 5) is 146. The first-order chi connectivity index (χ1) is 40.4. The molecule has 0 spiro atoms. The molecule has 2 bridgehead atoms. The average Bonchev–Trinajstić information content (AvgIpc) is 4.47. The highest BCUT2D eigenvalue weighted by Gasteiger charge is 2.42. The Labute approximate surface area is 486 Å². The summed E-state index contributed by atoms with van der Waals surface area (Å²) < 4.78 is 18.0. The molecule has 6 rings (SSSR count). The molecule has 5 heterocycles. The largest absolute Gasteiger partial charge is 0.481 e. The Bertz CT molecular complexity index is 2780. The first-order valence-corrected chi connectivity index (χ1v) is 28.7. The summed E-state index contributed by atoms with van der Waals surface area (Å²) in [5.41, 5.74) is 7.27. The summed E-state index contributed by atoms with van der Waals surface area (Å²) in [6, 6.07) is -1.68. The molecule has 460 valence electrons. The molecular weight excluding hydrogens is 1120 g/mol. The third-order valence-electron chi connectivity index (χ3n) is 13.8. The molecule has 0 radical (unpaired) electrons.